The third kappa shape index (κ3) is 3.73. The summed E-state index contributed by atoms with van der Waals surface area (Å²) in [6.07, 6.45) is 2.01. The Hall–Kier alpha value is -3.40. The van der Waals surface area contributed by atoms with Crippen molar-refractivity contribution in [3.05, 3.63) is 46.0 Å². The van der Waals surface area contributed by atoms with Gasteiger partial charge in [-0.2, -0.15) is 0 Å². The number of fused-ring (bicyclic) bond motifs is 1. The van der Waals surface area contributed by atoms with Gasteiger partial charge in [0.25, 0.3) is 11.6 Å². The van der Waals surface area contributed by atoms with E-state index in [2.05, 4.69) is 10.3 Å². The molecule has 9 nitrogen and oxygen atoms in total. The van der Waals surface area contributed by atoms with E-state index in [-0.39, 0.29) is 11.3 Å². The number of hydrogen-bond donors (Lipinski definition) is 1. The van der Waals surface area contributed by atoms with Gasteiger partial charge in [0, 0.05) is 30.8 Å². The van der Waals surface area contributed by atoms with E-state index in [1.165, 1.54) is 24.5 Å². The molecule has 0 atom stereocenters. The Bertz CT molecular complexity index is 1120. The van der Waals surface area contributed by atoms with Gasteiger partial charge in [-0.3, -0.25) is 20.2 Å². The Morgan fingerprint density at radius 3 is 2.63 bits per heavy atom. The van der Waals surface area contributed by atoms with Crippen LogP contribution in [0.4, 0.5) is 16.5 Å². The maximum atomic E-state index is 12.7. The van der Waals surface area contributed by atoms with Crippen molar-refractivity contribution in [1.82, 2.24) is 4.98 Å². The molecular formula is C20H20N4O5S. The number of benzene rings is 2. The number of aromatic nitrogens is 1. The summed E-state index contributed by atoms with van der Waals surface area (Å²) in [5.74, 6) is 0.691. The van der Waals surface area contributed by atoms with E-state index in [4.69, 9.17) is 9.47 Å². The summed E-state index contributed by atoms with van der Waals surface area (Å²) in [4.78, 5) is 30.3. The van der Waals surface area contributed by atoms with Crippen molar-refractivity contribution in [2.75, 3.05) is 37.5 Å². The predicted molar refractivity (Wildman–Crippen MR) is 115 cm³/mol. The lowest BCUT2D eigenvalue weighted by atomic mass is 10.1. The topological polar surface area (TPSA) is 107 Å². The number of nitrogens with one attached hydrogen (secondary N) is 1. The molecule has 0 aliphatic carbocycles. The first-order valence-corrected chi connectivity index (χ1v) is 10.2. The van der Waals surface area contributed by atoms with E-state index in [9.17, 15) is 14.9 Å². The molecule has 0 spiro atoms. The van der Waals surface area contributed by atoms with Crippen molar-refractivity contribution in [2.45, 2.75) is 12.8 Å². The number of nitro benzene ring substituents is 1. The lowest BCUT2D eigenvalue weighted by Gasteiger charge is -2.17. The molecule has 0 bridgehead atoms. The smallest absolute Gasteiger partial charge is 0.293 e. The van der Waals surface area contributed by atoms with Gasteiger partial charge in [0.05, 0.1) is 23.8 Å². The number of carbonyl (C=O) groups excluding carboxylic acids is 1. The maximum Gasteiger partial charge on any atom is 0.293 e. The summed E-state index contributed by atoms with van der Waals surface area (Å²) in [7, 11) is 3.09. The monoisotopic (exact) mass is 428 g/mol. The lowest BCUT2D eigenvalue weighted by molar-refractivity contribution is -0.384. The lowest BCUT2D eigenvalue weighted by Crippen LogP contribution is -2.19. The summed E-state index contributed by atoms with van der Waals surface area (Å²) in [6.45, 7) is 1.56. The summed E-state index contributed by atoms with van der Waals surface area (Å²) in [5.41, 5.74) is 1.29. The molecule has 10 heteroatoms. The molecule has 2 heterocycles. The number of nitrogens with zero attached hydrogens (tertiary/aromatic N) is 3. The average Bonchev–Trinajstić information content (AvgIpc) is 3.42. The summed E-state index contributed by atoms with van der Waals surface area (Å²) >= 11 is 1.27. The number of methoxy groups -OCH3 is 2. The number of rotatable bonds is 6. The van der Waals surface area contributed by atoms with Crippen LogP contribution in [0.1, 0.15) is 23.2 Å². The van der Waals surface area contributed by atoms with E-state index in [0.717, 1.165) is 30.6 Å². The third-order valence-corrected chi connectivity index (χ3v) is 5.91. The molecule has 1 fully saturated rings. The second-order valence-electron chi connectivity index (χ2n) is 6.80. The molecule has 1 N–H and O–H groups in total. The van der Waals surface area contributed by atoms with E-state index >= 15 is 0 Å². The van der Waals surface area contributed by atoms with Gasteiger partial charge in [0.2, 0.25) is 0 Å². The zero-order chi connectivity index (χ0) is 21.3. The van der Waals surface area contributed by atoms with E-state index in [1.807, 2.05) is 4.90 Å². The quantitative estimate of drug-likeness (QED) is 0.466. The SMILES string of the molecule is COc1cc(OC)c2nc(NC(=O)c3ccc(N4CCCC4)c([N+](=O)[O-])c3)sc2c1. The number of thiazole rings is 1. The molecule has 1 saturated heterocycles. The van der Waals surface area contributed by atoms with Crippen LogP contribution < -0.4 is 19.7 Å². The van der Waals surface area contributed by atoms with Crippen LogP contribution in [0.25, 0.3) is 10.2 Å². The molecule has 1 aliphatic rings. The van der Waals surface area contributed by atoms with Crippen LogP contribution in [0, 0.1) is 10.1 Å². The minimum atomic E-state index is -0.462. The zero-order valence-corrected chi connectivity index (χ0v) is 17.3. The van der Waals surface area contributed by atoms with E-state index in [1.54, 1.807) is 31.4 Å². The van der Waals surface area contributed by atoms with Crippen molar-refractivity contribution >= 4 is 44.0 Å². The summed E-state index contributed by atoms with van der Waals surface area (Å²) < 4.78 is 11.4. The molecule has 156 valence electrons. The van der Waals surface area contributed by atoms with Crippen LogP contribution in [0.15, 0.2) is 30.3 Å². The summed E-state index contributed by atoms with van der Waals surface area (Å²) in [6, 6.07) is 8.09. The fourth-order valence-corrected chi connectivity index (χ4v) is 4.41. The van der Waals surface area contributed by atoms with Gasteiger partial charge in [-0.15, -0.1) is 0 Å². The van der Waals surface area contributed by atoms with Crippen LogP contribution in [-0.4, -0.2) is 43.1 Å². The average molecular weight is 428 g/mol. The number of amides is 1. The number of carbonyl (C=O) groups is 1. The van der Waals surface area contributed by atoms with Crippen LogP contribution in [0.3, 0.4) is 0 Å². The molecule has 0 saturated carbocycles. The minimum absolute atomic E-state index is 0.0692. The second-order valence-corrected chi connectivity index (χ2v) is 7.83. The Labute approximate surface area is 176 Å². The molecule has 0 unspecified atom stereocenters. The summed E-state index contributed by atoms with van der Waals surface area (Å²) in [5, 5.41) is 14.7. The Morgan fingerprint density at radius 2 is 1.97 bits per heavy atom. The molecule has 1 amide bonds. The van der Waals surface area contributed by atoms with Crippen LogP contribution in [0.2, 0.25) is 0 Å². The number of nitro groups is 1. The molecule has 1 aliphatic heterocycles. The van der Waals surface area contributed by atoms with Gasteiger partial charge in [0.1, 0.15) is 22.7 Å². The van der Waals surface area contributed by atoms with Gasteiger partial charge >= 0.3 is 0 Å². The molecule has 3 aromatic rings. The zero-order valence-electron chi connectivity index (χ0n) is 16.5. The third-order valence-electron chi connectivity index (χ3n) is 4.99. The molecular weight excluding hydrogens is 408 g/mol. The van der Waals surface area contributed by atoms with Crippen LogP contribution in [0.5, 0.6) is 11.5 Å². The fourth-order valence-electron chi connectivity index (χ4n) is 3.51. The standard InChI is InChI=1S/C20H20N4O5S/c1-28-13-10-16(29-2)18-17(11-13)30-20(21-18)22-19(25)12-5-6-14(15(9-12)24(26)27)23-7-3-4-8-23/h5-6,9-11H,3-4,7-8H2,1-2H3,(H,21,22,25). The van der Waals surface area contributed by atoms with Gasteiger partial charge < -0.3 is 14.4 Å². The first-order valence-electron chi connectivity index (χ1n) is 9.37. The first-order chi connectivity index (χ1) is 14.5. The minimum Gasteiger partial charge on any atom is -0.497 e. The van der Waals surface area contributed by atoms with E-state index in [0.29, 0.717) is 27.8 Å². The highest BCUT2D eigenvalue weighted by Gasteiger charge is 2.24. The van der Waals surface area contributed by atoms with Crippen molar-refractivity contribution in [3.63, 3.8) is 0 Å². The second kappa shape index (κ2) is 8.15. The molecule has 4 rings (SSSR count). The largest absolute Gasteiger partial charge is 0.497 e. The van der Waals surface area contributed by atoms with Gasteiger partial charge in [-0.1, -0.05) is 11.3 Å². The normalized spacial score (nSPS) is 13.5. The predicted octanol–water partition coefficient (Wildman–Crippen LogP) is 4.07. The molecule has 2 aromatic carbocycles. The number of ether oxygens (including phenoxy) is 2. The van der Waals surface area contributed by atoms with Crippen LogP contribution >= 0.6 is 11.3 Å². The van der Waals surface area contributed by atoms with Crippen molar-refractivity contribution in [3.8, 4) is 11.5 Å². The van der Waals surface area contributed by atoms with Gasteiger partial charge in [-0.25, -0.2) is 4.98 Å². The highest BCUT2D eigenvalue weighted by Crippen LogP contribution is 2.37. The highest BCUT2D eigenvalue weighted by molar-refractivity contribution is 7.22. The Morgan fingerprint density at radius 1 is 1.20 bits per heavy atom. The van der Waals surface area contributed by atoms with Crippen molar-refractivity contribution < 1.29 is 19.2 Å². The molecule has 0 radical (unpaired) electrons. The van der Waals surface area contributed by atoms with E-state index < -0.39 is 10.8 Å². The Kier molecular flexibility index (Phi) is 5.40. The number of anilines is 2. The first kappa shape index (κ1) is 19.9. The van der Waals surface area contributed by atoms with Crippen LogP contribution in [-0.2, 0) is 0 Å². The van der Waals surface area contributed by atoms with Gasteiger partial charge in [-0.05, 0) is 31.0 Å². The van der Waals surface area contributed by atoms with Crippen molar-refractivity contribution in [2.24, 2.45) is 0 Å². The molecule has 1 aromatic heterocycles. The fraction of sp³-hybridized carbons (Fsp3) is 0.300. The highest BCUT2D eigenvalue weighted by atomic mass is 32.1. The maximum absolute atomic E-state index is 12.7. The van der Waals surface area contributed by atoms with Crippen molar-refractivity contribution in [1.29, 1.82) is 0 Å². The number of hydrogen-bond acceptors (Lipinski definition) is 8. The Balaban J connectivity index is 1.62. The molecule has 30 heavy (non-hydrogen) atoms. The van der Waals surface area contributed by atoms with Gasteiger partial charge in [0.15, 0.2) is 5.13 Å².